The molecule has 1 aliphatic rings. The number of carbonyl (C=O) groups is 1. The summed E-state index contributed by atoms with van der Waals surface area (Å²) in [5, 5.41) is 9.13. The van der Waals surface area contributed by atoms with E-state index in [1.54, 1.807) is 24.4 Å². The molecule has 36 heavy (non-hydrogen) atoms. The van der Waals surface area contributed by atoms with Gasteiger partial charge in [0.15, 0.2) is 0 Å². The van der Waals surface area contributed by atoms with Crippen LogP contribution in [0.3, 0.4) is 0 Å². The van der Waals surface area contributed by atoms with E-state index in [9.17, 15) is 13.6 Å². The van der Waals surface area contributed by atoms with Gasteiger partial charge in [0.25, 0.3) is 0 Å². The van der Waals surface area contributed by atoms with Gasteiger partial charge in [0.1, 0.15) is 17.4 Å². The minimum absolute atomic E-state index is 0.147. The molecular formula is C26H25F2N5O3. The molecule has 1 aliphatic heterocycles. The second kappa shape index (κ2) is 9.80. The third-order valence-corrected chi connectivity index (χ3v) is 6.41. The van der Waals surface area contributed by atoms with Gasteiger partial charge in [-0.3, -0.25) is 0 Å². The lowest BCUT2D eigenvalue weighted by Crippen LogP contribution is -2.48. The maximum atomic E-state index is 12.9. The minimum atomic E-state index is -2.89. The van der Waals surface area contributed by atoms with Crippen molar-refractivity contribution < 1.29 is 23.4 Å². The normalized spacial score (nSPS) is 14.0. The molecule has 0 radical (unpaired) electrons. The number of aryl methyl sites for hydroxylation is 1. The van der Waals surface area contributed by atoms with E-state index in [0.717, 1.165) is 33.8 Å². The van der Waals surface area contributed by atoms with E-state index in [2.05, 4.69) is 14.9 Å². The van der Waals surface area contributed by atoms with Crippen LogP contribution in [0.5, 0.6) is 5.75 Å². The number of ether oxygens (including phenoxy) is 1. The molecule has 0 bridgehead atoms. The first-order chi connectivity index (χ1) is 17.4. The molecule has 1 amide bonds. The molecular weight excluding hydrogens is 468 g/mol. The van der Waals surface area contributed by atoms with E-state index in [1.165, 1.54) is 11.0 Å². The molecule has 10 heteroatoms. The number of anilines is 1. The van der Waals surface area contributed by atoms with Gasteiger partial charge in [-0.1, -0.05) is 24.3 Å². The van der Waals surface area contributed by atoms with E-state index in [1.807, 2.05) is 41.8 Å². The summed E-state index contributed by atoms with van der Waals surface area (Å²) in [4.78, 5) is 23.9. The molecule has 0 saturated carbocycles. The van der Waals surface area contributed by atoms with Gasteiger partial charge in [0, 0.05) is 43.5 Å². The fraction of sp³-hybridized carbons (Fsp3) is 0.269. The van der Waals surface area contributed by atoms with Crippen molar-refractivity contribution >= 4 is 22.9 Å². The highest BCUT2D eigenvalue weighted by Gasteiger charge is 2.21. The number of hydrogen-bond acceptors (Lipinski definition) is 5. The second-order valence-electron chi connectivity index (χ2n) is 8.60. The van der Waals surface area contributed by atoms with Crippen LogP contribution in [0.25, 0.3) is 22.2 Å². The van der Waals surface area contributed by atoms with Gasteiger partial charge in [-0.05, 0) is 42.8 Å². The topological polar surface area (TPSA) is 83.7 Å². The zero-order chi connectivity index (χ0) is 25.2. The van der Waals surface area contributed by atoms with Crippen LogP contribution in [0.15, 0.2) is 60.8 Å². The number of amides is 1. The number of halogens is 2. The summed E-state index contributed by atoms with van der Waals surface area (Å²) in [7, 11) is 0. The fourth-order valence-electron chi connectivity index (χ4n) is 4.51. The first kappa shape index (κ1) is 23.5. The van der Waals surface area contributed by atoms with Crippen molar-refractivity contribution in [3.8, 4) is 16.9 Å². The molecule has 8 nitrogen and oxygen atoms in total. The number of rotatable bonds is 6. The Balaban J connectivity index is 1.40. The molecule has 3 heterocycles. The predicted octanol–water partition coefficient (Wildman–Crippen LogP) is 4.86. The number of nitrogens with zero attached hydrogens (tertiary/aromatic N) is 5. The van der Waals surface area contributed by atoms with Crippen LogP contribution < -0.4 is 9.64 Å². The maximum absolute atomic E-state index is 12.9. The zero-order valence-corrected chi connectivity index (χ0v) is 19.6. The molecule has 5 rings (SSSR count). The smallest absolute Gasteiger partial charge is 0.407 e. The highest BCUT2D eigenvalue weighted by Crippen LogP contribution is 2.28. The van der Waals surface area contributed by atoms with Crippen LogP contribution in [0, 0.1) is 6.92 Å². The number of piperazine rings is 1. The summed E-state index contributed by atoms with van der Waals surface area (Å²) in [5.41, 5.74) is 4.21. The van der Waals surface area contributed by atoms with Crippen molar-refractivity contribution in [1.29, 1.82) is 0 Å². The Morgan fingerprint density at radius 1 is 1.06 bits per heavy atom. The Labute approximate surface area is 206 Å². The molecule has 4 aromatic rings. The van der Waals surface area contributed by atoms with Gasteiger partial charge in [-0.25, -0.2) is 14.8 Å². The van der Waals surface area contributed by atoms with Crippen LogP contribution in [0.2, 0.25) is 0 Å². The molecule has 0 spiro atoms. The number of fused-ring (bicyclic) bond motifs is 1. The van der Waals surface area contributed by atoms with E-state index in [0.29, 0.717) is 38.3 Å². The van der Waals surface area contributed by atoms with Crippen molar-refractivity contribution in [2.75, 3.05) is 31.1 Å². The number of carboxylic acid groups (broad SMARTS) is 1. The SMILES string of the molecule is Cc1nc2ccc(-c3ccc(N4CCN(C(=O)O)CC4)nc3)cc2n1Cc1ccccc1OC(F)F. The fourth-order valence-corrected chi connectivity index (χ4v) is 4.51. The Hall–Kier alpha value is -4.21. The summed E-state index contributed by atoms with van der Waals surface area (Å²) in [6.45, 7) is 1.42. The van der Waals surface area contributed by atoms with E-state index in [-0.39, 0.29) is 5.75 Å². The van der Waals surface area contributed by atoms with Crippen LogP contribution in [-0.2, 0) is 6.54 Å². The number of benzene rings is 2. The third kappa shape index (κ3) is 4.79. The molecule has 1 saturated heterocycles. The lowest BCUT2D eigenvalue weighted by atomic mass is 10.1. The predicted molar refractivity (Wildman–Crippen MR) is 132 cm³/mol. The van der Waals surface area contributed by atoms with Crippen LogP contribution in [0.1, 0.15) is 11.4 Å². The summed E-state index contributed by atoms with van der Waals surface area (Å²) < 4.78 is 32.4. The van der Waals surface area contributed by atoms with Crippen LogP contribution in [-0.4, -0.2) is 63.4 Å². The number of aromatic nitrogens is 3. The van der Waals surface area contributed by atoms with Crippen molar-refractivity contribution in [2.24, 2.45) is 0 Å². The summed E-state index contributed by atoms with van der Waals surface area (Å²) in [6, 6.07) is 16.6. The van der Waals surface area contributed by atoms with Crippen molar-refractivity contribution in [3.05, 3.63) is 72.2 Å². The molecule has 186 valence electrons. The van der Waals surface area contributed by atoms with Crippen LogP contribution in [0.4, 0.5) is 19.4 Å². The van der Waals surface area contributed by atoms with Crippen molar-refractivity contribution in [1.82, 2.24) is 19.4 Å². The first-order valence-corrected chi connectivity index (χ1v) is 11.6. The second-order valence-corrected chi connectivity index (χ2v) is 8.60. The molecule has 0 atom stereocenters. The van der Waals surface area contributed by atoms with Crippen molar-refractivity contribution in [3.63, 3.8) is 0 Å². The van der Waals surface area contributed by atoms with E-state index >= 15 is 0 Å². The number of para-hydroxylation sites is 1. The van der Waals surface area contributed by atoms with Gasteiger partial charge in [0.05, 0.1) is 17.6 Å². The Kier molecular flexibility index (Phi) is 6.41. The number of imidazole rings is 1. The molecule has 2 aromatic heterocycles. The zero-order valence-electron chi connectivity index (χ0n) is 19.6. The van der Waals surface area contributed by atoms with E-state index < -0.39 is 12.7 Å². The lowest BCUT2D eigenvalue weighted by molar-refractivity contribution is -0.0504. The summed E-state index contributed by atoms with van der Waals surface area (Å²) >= 11 is 0. The number of hydrogen-bond donors (Lipinski definition) is 1. The highest BCUT2D eigenvalue weighted by molar-refractivity contribution is 5.83. The molecule has 0 aliphatic carbocycles. The lowest BCUT2D eigenvalue weighted by Gasteiger charge is -2.33. The van der Waals surface area contributed by atoms with Gasteiger partial charge >= 0.3 is 12.7 Å². The Morgan fingerprint density at radius 2 is 1.81 bits per heavy atom. The largest absolute Gasteiger partial charge is 0.465 e. The summed E-state index contributed by atoms with van der Waals surface area (Å²) in [5.74, 6) is 1.72. The van der Waals surface area contributed by atoms with Gasteiger partial charge in [-0.2, -0.15) is 8.78 Å². The maximum Gasteiger partial charge on any atom is 0.407 e. The average Bonchev–Trinajstić information content (AvgIpc) is 3.19. The molecule has 1 N–H and O–H groups in total. The monoisotopic (exact) mass is 493 g/mol. The Bertz CT molecular complexity index is 1380. The minimum Gasteiger partial charge on any atom is -0.465 e. The summed E-state index contributed by atoms with van der Waals surface area (Å²) in [6.07, 6.45) is 0.909. The van der Waals surface area contributed by atoms with Gasteiger partial charge in [0.2, 0.25) is 0 Å². The van der Waals surface area contributed by atoms with Gasteiger partial charge in [-0.15, -0.1) is 0 Å². The quantitative estimate of drug-likeness (QED) is 0.413. The molecule has 0 unspecified atom stereocenters. The average molecular weight is 494 g/mol. The molecule has 2 aromatic carbocycles. The number of alkyl halides is 2. The highest BCUT2D eigenvalue weighted by atomic mass is 19.3. The standard InChI is InChI=1S/C26H25F2N5O3/c1-17-30-21-8-6-18(14-22(21)33(17)16-20-4-2-3-5-23(20)36-25(27)28)19-7-9-24(29-15-19)31-10-12-32(13-11-31)26(34)35/h2-9,14-15,25H,10-13,16H2,1H3,(H,34,35). The number of pyridine rings is 1. The third-order valence-electron chi connectivity index (χ3n) is 6.41. The van der Waals surface area contributed by atoms with Crippen LogP contribution >= 0.6 is 0 Å². The Morgan fingerprint density at radius 3 is 2.50 bits per heavy atom. The molecule has 1 fully saturated rings. The van der Waals surface area contributed by atoms with Crippen molar-refractivity contribution in [2.45, 2.75) is 20.1 Å². The van der Waals surface area contributed by atoms with Gasteiger partial charge < -0.3 is 24.2 Å². The van der Waals surface area contributed by atoms with E-state index in [4.69, 9.17) is 9.84 Å². The first-order valence-electron chi connectivity index (χ1n) is 11.6.